The first-order valence-electron chi connectivity index (χ1n) is 9.39. The third kappa shape index (κ3) is 5.72. The van der Waals surface area contributed by atoms with E-state index in [-0.39, 0.29) is 5.54 Å². The second-order valence-electron chi connectivity index (χ2n) is 7.67. The lowest BCUT2D eigenvalue weighted by Crippen LogP contribution is -2.25. The van der Waals surface area contributed by atoms with Gasteiger partial charge < -0.3 is 5.32 Å². The summed E-state index contributed by atoms with van der Waals surface area (Å²) in [6, 6.07) is 29.6. The second-order valence-corrected chi connectivity index (χ2v) is 7.67. The van der Waals surface area contributed by atoms with Crippen molar-refractivity contribution in [2.24, 2.45) is 0 Å². The Bertz CT molecular complexity index is 854. The van der Waals surface area contributed by atoms with Gasteiger partial charge in [0, 0.05) is 11.2 Å². The molecule has 136 valence electrons. The number of anilines is 1. The van der Waals surface area contributed by atoms with Crippen LogP contribution in [0.25, 0.3) is 11.6 Å². The van der Waals surface area contributed by atoms with Crippen molar-refractivity contribution in [3.05, 3.63) is 114 Å². The first-order valence-corrected chi connectivity index (χ1v) is 9.39. The van der Waals surface area contributed by atoms with Crippen LogP contribution in [0, 0.1) is 0 Å². The van der Waals surface area contributed by atoms with Crippen LogP contribution in [0.3, 0.4) is 0 Å². The SMILES string of the molecule is CC(C)(C)Nc1ccc(/C=C/C=C(c2ccccc2)c2ccccc2)cc1. The zero-order valence-electron chi connectivity index (χ0n) is 16.3. The molecule has 0 saturated carbocycles. The number of hydrogen-bond donors (Lipinski definition) is 1. The molecule has 0 bridgehead atoms. The van der Waals surface area contributed by atoms with Crippen molar-refractivity contribution >= 4 is 17.3 Å². The Morgan fingerprint density at radius 1 is 0.704 bits per heavy atom. The topological polar surface area (TPSA) is 12.0 Å². The van der Waals surface area contributed by atoms with Crippen LogP contribution in [0.15, 0.2) is 97.1 Å². The molecule has 0 unspecified atom stereocenters. The minimum atomic E-state index is 0.0698. The van der Waals surface area contributed by atoms with Gasteiger partial charge in [-0.1, -0.05) is 91.0 Å². The van der Waals surface area contributed by atoms with Crippen LogP contribution in [0.5, 0.6) is 0 Å². The van der Waals surface area contributed by atoms with Crippen LogP contribution in [0.2, 0.25) is 0 Å². The molecule has 0 atom stereocenters. The number of allylic oxidation sites excluding steroid dienone is 2. The molecule has 0 fully saturated rings. The van der Waals surface area contributed by atoms with E-state index in [9.17, 15) is 0 Å². The number of nitrogens with one attached hydrogen (secondary N) is 1. The summed E-state index contributed by atoms with van der Waals surface area (Å²) in [5.74, 6) is 0. The molecule has 0 saturated heterocycles. The van der Waals surface area contributed by atoms with Gasteiger partial charge in [0.15, 0.2) is 0 Å². The molecule has 0 amide bonds. The Balaban J connectivity index is 1.82. The summed E-state index contributed by atoms with van der Waals surface area (Å²) in [6.45, 7) is 6.50. The Hall–Kier alpha value is -3.06. The van der Waals surface area contributed by atoms with Gasteiger partial charge in [-0.15, -0.1) is 0 Å². The van der Waals surface area contributed by atoms with Crippen LogP contribution in [-0.4, -0.2) is 5.54 Å². The van der Waals surface area contributed by atoms with Gasteiger partial charge in [-0.2, -0.15) is 0 Å². The van der Waals surface area contributed by atoms with Crippen molar-refractivity contribution in [2.45, 2.75) is 26.3 Å². The third-order valence-electron chi connectivity index (χ3n) is 4.15. The third-order valence-corrected chi connectivity index (χ3v) is 4.15. The van der Waals surface area contributed by atoms with Crippen LogP contribution in [0.1, 0.15) is 37.5 Å². The predicted molar refractivity (Wildman–Crippen MR) is 119 cm³/mol. The summed E-state index contributed by atoms with van der Waals surface area (Å²) in [7, 11) is 0. The second kappa shape index (κ2) is 8.55. The highest BCUT2D eigenvalue weighted by Gasteiger charge is 2.08. The summed E-state index contributed by atoms with van der Waals surface area (Å²) in [6.07, 6.45) is 6.46. The molecule has 1 heteroatoms. The molecule has 1 nitrogen and oxygen atoms in total. The minimum absolute atomic E-state index is 0.0698. The molecule has 3 rings (SSSR count). The summed E-state index contributed by atoms with van der Waals surface area (Å²) in [5, 5.41) is 3.49. The van der Waals surface area contributed by atoms with Crippen molar-refractivity contribution in [1.82, 2.24) is 0 Å². The smallest absolute Gasteiger partial charge is 0.0344 e. The van der Waals surface area contributed by atoms with Crippen molar-refractivity contribution in [3.63, 3.8) is 0 Å². The standard InChI is InChI=1S/C26H27N/c1-26(2,3)27-24-19-17-21(18-20-24)11-10-16-25(22-12-6-4-7-13-22)23-14-8-5-9-15-23/h4-20,27H,1-3H3/b11-10+. The molecule has 0 aliphatic carbocycles. The van der Waals surface area contributed by atoms with E-state index in [1.807, 2.05) is 0 Å². The van der Waals surface area contributed by atoms with Gasteiger partial charge in [0.2, 0.25) is 0 Å². The Labute approximate surface area is 163 Å². The van der Waals surface area contributed by atoms with Crippen LogP contribution in [-0.2, 0) is 0 Å². The lowest BCUT2D eigenvalue weighted by molar-refractivity contribution is 0.634. The van der Waals surface area contributed by atoms with Crippen molar-refractivity contribution in [2.75, 3.05) is 5.32 Å². The quantitative estimate of drug-likeness (QED) is 0.485. The van der Waals surface area contributed by atoms with Crippen LogP contribution < -0.4 is 5.32 Å². The maximum Gasteiger partial charge on any atom is 0.0344 e. The van der Waals surface area contributed by atoms with E-state index in [2.05, 4.69) is 129 Å². The van der Waals surface area contributed by atoms with Gasteiger partial charge in [-0.3, -0.25) is 0 Å². The maximum atomic E-state index is 3.49. The van der Waals surface area contributed by atoms with Crippen molar-refractivity contribution < 1.29 is 0 Å². The lowest BCUT2D eigenvalue weighted by atomic mass is 9.97. The zero-order chi connectivity index (χ0) is 19.1. The summed E-state index contributed by atoms with van der Waals surface area (Å²) in [4.78, 5) is 0. The molecule has 3 aromatic carbocycles. The fourth-order valence-corrected chi connectivity index (χ4v) is 2.96. The monoisotopic (exact) mass is 353 g/mol. The minimum Gasteiger partial charge on any atom is -0.380 e. The highest BCUT2D eigenvalue weighted by atomic mass is 14.9. The molecule has 27 heavy (non-hydrogen) atoms. The molecule has 0 radical (unpaired) electrons. The largest absolute Gasteiger partial charge is 0.380 e. The van der Waals surface area contributed by atoms with Gasteiger partial charge in [0.25, 0.3) is 0 Å². The maximum absolute atomic E-state index is 3.49. The van der Waals surface area contributed by atoms with Crippen molar-refractivity contribution in [3.8, 4) is 0 Å². The number of benzene rings is 3. The summed E-state index contributed by atoms with van der Waals surface area (Å²) < 4.78 is 0. The van der Waals surface area contributed by atoms with E-state index < -0.39 is 0 Å². The van der Waals surface area contributed by atoms with E-state index in [0.717, 1.165) is 5.69 Å². The van der Waals surface area contributed by atoms with Crippen LogP contribution in [0.4, 0.5) is 5.69 Å². The molecule has 0 aromatic heterocycles. The highest BCUT2D eigenvalue weighted by Crippen LogP contribution is 2.23. The van der Waals surface area contributed by atoms with Gasteiger partial charge in [-0.05, 0) is 55.2 Å². The normalized spacial score (nSPS) is 11.4. The van der Waals surface area contributed by atoms with Crippen LogP contribution >= 0.6 is 0 Å². The predicted octanol–water partition coefficient (Wildman–Crippen LogP) is 7.04. The van der Waals surface area contributed by atoms with Gasteiger partial charge >= 0.3 is 0 Å². The Kier molecular flexibility index (Phi) is 5.93. The van der Waals surface area contributed by atoms with Gasteiger partial charge in [0.05, 0.1) is 0 Å². The first kappa shape index (κ1) is 18.7. The zero-order valence-corrected chi connectivity index (χ0v) is 16.3. The molecule has 0 heterocycles. The number of hydrogen-bond acceptors (Lipinski definition) is 1. The van der Waals surface area contributed by atoms with Crippen molar-refractivity contribution in [1.29, 1.82) is 0 Å². The van der Waals surface area contributed by atoms with Gasteiger partial charge in [-0.25, -0.2) is 0 Å². The van der Waals surface area contributed by atoms with Gasteiger partial charge in [0.1, 0.15) is 0 Å². The number of rotatable bonds is 5. The molecule has 0 aliphatic rings. The van der Waals surface area contributed by atoms with E-state index in [4.69, 9.17) is 0 Å². The average molecular weight is 354 g/mol. The fourth-order valence-electron chi connectivity index (χ4n) is 2.96. The van der Waals surface area contributed by atoms with E-state index in [1.165, 1.54) is 22.3 Å². The van der Waals surface area contributed by atoms with E-state index >= 15 is 0 Å². The van der Waals surface area contributed by atoms with E-state index in [1.54, 1.807) is 0 Å². The molecule has 0 spiro atoms. The van der Waals surface area contributed by atoms with E-state index in [0.29, 0.717) is 0 Å². The Morgan fingerprint density at radius 3 is 1.70 bits per heavy atom. The fraction of sp³-hybridized carbons (Fsp3) is 0.154. The summed E-state index contributed by atoms with van der Waals surface area (Å²) >= 11 is 0. The summed E-state index contributed by atoms with van der Waals surface area (Å²) in [5.41, 5.74) is 6.06. The molecular weight excluding hydrogens is 326 g/mol. The first-order chi connectivity index (χ1) is 13.0. The highest BCUT2D eigenvalue weighted by molar-refractivity contribution is 5.81. The average Bonchev–Trinajstić information content (AvgIpc) is 2.67. The molecule has 3 aromatic rings. The molecule has 1 N–H and O–H groups in total. The lowest BCUT2D eigenvalue weighted by Gasteiger charge is -2.22. The molecular formula is C26H27N. The molecule has 0 aliphatic heterocycles. The Morgan fingerprint density at radius 2 is 1.22 bits per heavy atom.